The average molecular weight is 759 g/mol. The lowest BCUT2D eigenvalue weighted by molar-refractivity contribution is -0.133. The number of rotatable bonds is 18. The number of carbonyl (C=O) groups is 5. The number of nitrogens with two attached hydrogens (primary N) is 3. The van der Waals surface area contributed by atoms with Gasteiger partial charge in [-0.1, -0.05) is 72.3 Å². The number of urea groups is 1. The highest BCUT2D eigenvalue weighted by Crippen LogP contribution is 2.19. The summed E-state index contributed by atoms with van der Waals surface area (Å²) in [7, 11) is 3.08. The highest BCUT2D eigenvalue weighted by Gasteiger charge is 2.32. The minimum Gasteiger partial charge on any atom is -0.370 e. The van der Waals surface area contributed by atoms with Crippen LogP contribution in [0.2, 0.25) is 5.02 Å². The molecule has 0 aliphatic rings. The Morgan fingerprint density at radius 1 is 0.704 bits per heavy atom. The van der Waals surface area contributed by atoms with Gasteiger partial charge in [0.05, 0.1) is 0 Å². The van der Waals surface area contributed by atoms with Crippen molar-refractivity contribution in [1.82, 2.24) is 31.2 Å². The highest BCUT2D eigenvalue weighted by atomic mass is 35.5. The van der Waals surface area contributed by atoms with E-state index >= 15 is 0 Å². The van der Waals surface area contributed by atoms with Gasteiger partial charge in [-0.05, 0) is 47.7 Å². The number of nitrogens with one attached hydrogen (secondary N) is 5. The van der Waals surface area contributed by atoms with E-state index in [0.29, 0.717) is 5.02 Å². The van der Waals surface area contributed by atoms with Gasteiger partial charge in [-0.25, -0.2) is 4.79 Å². The van der Waals surface area contributed by atoms with E-state index in [4.69, 9.17) is 28.8 Å². The quantitative estimate of drug-likeness (QED) is 0.0422. The molecule has 54 heavy (non-hydrogen) atoms. The number of aromatic amines is 1. The monoisotopic (exact) mass is 758 g/mol. The van der Waals surface area contributed by atoms with Crippen LogP contribution in [-0.2, 0) is 38.4 Å². The van der Waals surface area contributed by atoms with Crippen LogP contribution >= 0.6 is 11.6 Å². The molecule has 0 bridgehead atoms. The van der Waals surface area contributed by atoms with Crippen molar-refractivity contribution in [3.8, 4) is 0 Å². The molecule has 0 unspecified atom stereocenters. The molecule has 0 spiro atoms. The molecule has 11 N–H and O–H groups in total. The summed E-state index contributed by atoms with van der Waals surface area (Å²) < 4.78 is 0. The minimum atomic E-state index is -1.19. The number of primary amides is 1. The fourth-order valence-electron chi connectivity index (χ4n) is 5.74. The molecule has 6 amide bonds. The second-order valence-electron chi connectivity index (χ2n) is 13.0. The molecule has 4 atom stereocenters. The molecule has 4 rings (SSSR count). The third kappa shape index (κ3) is 12.3. The SMILES string of the molecule is CN(C)C(=O)N[C@@H](Cc1ccc(Cl)cc1)C(=O)N[C@@H](Cc1ccccc1)C(=O)N[C@@H](CCCN=C(N)N)C(=O)N[C@@H](Cc1c[nH]c2ccccc12)C(N)=O. The fourth-order valence-corrected chi connectivity index (χ4v) is 5.86. The number of amides is 6. The predicted molar refractivity (Wildman–Crippen MR) is 208 cm³/mol. The van der Waals surface area contributed by atoms with Gasteiger partial charge in [0, 0.05) is 62.0 Å². The van der Waals surface area contributed by atoms with Crippen molar-refractivity contribution in [2.45, 2.75) is 56.3 Å². The first-order valence-electron chi connectivity index (χ1n) is 17.4. The molecule has 0 saturated heterocycles. The Morgan fingerprint density at radius 2 is 1.26 bits per heavy atom. The normalized spacial score (nSPS) is 13.1. The Labute approximate surface area is 318 Å². The third-order valence-electron chi connectivity index (χ3n) is 8.63. The van der Waals surface area contributed by atoms with Crippen LogP contribution in [0.15, 0.2) is 90.1 Å². The van der Waals surface area contributed by atoms with E-state index in [0.717, 1.165) is 27.6 Å². The van der Waals surface area contributed by atoms with E-state index in [1.807, 2.05) is 30.3 Å². The molecule has 3 aromatic carbocycles. The molecule has 0 radical (unpaired) electrons. The predicted octanol–water partition coefficient (Wildman–Crippen LogP) is 1.48. The topological polar surface area (TPSA) is 243 Å². The van der Waals surface area contributed by atoms with Crippen molar-refractivity contribution < 1.29 is 24.0 Å². The largest absolute Gasteiger partial charge is 0.370 e. The first kappa shape index (κ1) is 40.7. The lowest BCUT2D eigenvalue weighted by Gasteiger charge is -2.27. The zero-order chi connectivity index (χ0) is 39.2. The lowest BCUT2D eigenvalue weighted by atomic mass is 10.0. The molecular formula is C38H47ClN10O5. The van der Waals surface area contributed by atoms with E-state index < -0.39 is 53.8 Å². The summed E-state index contributed by atoms with van der Waals surface area (Å²) >= 11 is 6.06. The summed E-state index contributed by atoms with van der Waals surface area (Å²) in [6.07, 6.45) is 2.37. The van der Waals surface area contributed by atoms with Crippen molar-refractivity contribution in [2.75, 3.05) is 20.6 Å². The number of carbonyl (C=O) groups excluding carboxylic acids is 5. The van der Waals surface area contributed by atoms with Gasteiger partial charge in [0.1, 0.15) is 24.2 Å². The molecule has 0 saturated carbocycles. The van der Waals surface area contributed by atoms with Crippen LogP contribution < -0.4 is 38.5 Å². The van der Waals surface area contributed by atoms with Crippen molar-refractivity contribution >= 4 is 58.1 Å². The molecule has 15 nitrogen and oxygen atoms in total. The summed E-state index contributed by atoms with van der Waals surface area (Å²) in [6.45, 7) is 0.165. The van der Waals surface area contributed by atoms with Gasteiger partial charge in [-0.3, -0.25) is 24.2 Å². The van der Waals surface area contributed by atoms with Crippen LogP contribution in [0.25, 0.3) is 10.9 Å². The molecule has 1 aromatic heterocycles. The van der Waals surface area contributed by atoms with Crippen LogP contribution in [0.4, 0.5) is 4.79 Å². The van der Waals surface area contributed by atoms with Crippen LogP contribution in [0, 0.1) is 0 Å². The van der Waals surface area contributed by atoms with Crippen LogP contribution in [0.5, 0.6) is 0 Å². The number of halogens is 1. The van der Waals surface area contributed by atoms with E-state index in [-0.39, 0.29) is 44.6 Å². The Balaban J connectivity index is 1.58. The zero-order valence-corrected chi connectivity index (χ0v) is 30.9. The maximum absolute atomic E-state index is 14.1. The Morgan fingerprint density at radius 3 is 1.89 bits per heavy atom. The highest BCUT2D eigenvalue weighted by molar-refractivity contribution is 6.30. The van der Waals surface area contributed by atoms with E-state index in [1.54, 1.807) is 68.8 Å². The standard InChI is InChI=1S/C38H47ClN10O5/c1-49(2)38(54)48-32(20-24-14-16-26(39)17-15-24)36(53)47-31(19-23-9-4-3-5-10-23)35(52)45-29(13-8-18-43-37(41)42)34(51)46-30(33(40)50)21-25-22-44-28-12-7-6-11-27(25)28/h3-7,9-12,14-17,22,29-32,44H,8,13,18-21H2,1-2H3,(H2,40,50)(H,45,52)(H,46,51)(H,47,53)(H,48,54)(H4,41,42,43)/t29-,30-,31-,32-/m0/s1. The Hall–Kier alpha value is -6.09. The number of fused-ring (bicyclic) bond motifs is 1. The van der Waals surface area contributed by atoms with Gasteiger partial charge in [-0.2, -0.15) is 0 Å². The first-order chi connectivity index (χ1) is 25.8. The molecule has 16 heteroatoms. The maximum Gasteiger partial charge on any atom is 0.317 e. The number of aromatic nitrogens is 1. The second kappa shape index (κ2) is 19.7. The van der Waals surface area contributed by atoms with Gasteiger partial charge >= 0.3 is 6.03 Å². The first-order valence-corrected chi connectivity index (χ1v) is 17.8. The molecule has 0 aliphatic heterocycles. The zero-order valence-electron chi connectivity index (χ0n) is 30.2. The molecular weight excluding hydrogens is 712 g/mol. The van der Waals surface area contributed by atoms with Gasteiger partial charge in [-0.15, -0.1) is 0 Å². The Kier molecular flexibility index (Phi) is 14.8. The maximum atomic E-state index is 14.1. The number of guanidine groups is 1. The molecule has 286 valence electrons. The van der Waals surface area contributed by atoms with Crippen LogP contribution in [-0.4, -0.2) is 90.3 Å². The molecule has 0 aliphatic carbocycles. The molecule has 0 fully saturated rings. The Bertz CT molecular complexity index is 1930. The number of H-pyrrole nitrogens is 1. The number of benzene rings is 3. The van der Waals surface area contributed by atoms with Gasteiger partial charge in [0.15, 0.2) is 5.96 Å². The van der Waals surface area contributed by atoms with Crippen LogP contribution in [0.1, 0.15) is 29.5 Å². The van der Waals surface area contributed by atoms with Crippen molar-refractivity contribution in [1.29, 1.82) is 0 Å². The summed E-state index contributed by atoms with van der Waals surface area (Å²) in [6, 6.07) is 18.3. The number of para-hydroxylation sites is 1. The summed E-state index contributed by atoms with van der Waals surface area (Å²) in [4.78, 5) is 75.7. The van der Waals surface area contributed by atoms with Crippen molar-refractivity contribution in [3.63, 3.8) is 0 Å². The average Bonchev–Trinajstić information content (AvgIpc) is 3.55. The summed E-state index contributed by atoms with van der Waals surface area (Å²) in [5, 5.41) is 12.4. The van der Waals surface area contributed by atoms with E-state index in [2.05, 4.69) is 31.2 Å². The lowest BCUT2D eigenvalue weighted by Crippen LogP contribution is -2.59. The minimum absolute atomic E-state index is 0.0561. The molecule has 4 aromatic rings. The summed E-state index contributed by atoms with van der Waals surface area (Å²) in [5.74, 6) is -2.86. The smallest absolute Gasteiger partial charge is 0.317 e. The van der Waals surface area contributed by atoms with E-state index in [1.165, 1.54) is 4.90 Å². The van der Waals surface area contributed by atoms with Gasteiger partial charge in [0.2, 0.25) is 23.6 Å². The number of nitrogens with zero attached hydrogens (tertiary/aromatic N) is 2. The van der Waals surface area contributed by atoms with Gasteiger partial charge in [0.25, 0.3) is 0 Å². The number of aliphatic imine (C=N–C) groups is 1. The molecule has 1 heterocycles. The van der Waals surface area contributed by atoms with E-state index in [9.17, 15) is 24.0 Å². The van der Waals surface area contributed by atoms with Crippen LogP contribution in [0.3, 0.4) is 0 Å². The van der Waals surface area contributed by atoms with Gasteiger partial charge < -0.3 is 48.4 Å². The van der Waals surface area contributed by atoms with Crippen molar-refractivity contribution in [2.24, 2.45) is 22.2 Å². The number of hydrogen-bond acceptors (Lipinski definition) is 6. The summed E-state index contributed by atoms with van der Waals surface area (Å²) in [5.41, 5.74) is 19.8. The van der Waals surface area contributed by atoms with Crippen molar-refractivity contribution in [3.05, 3.63) is 107 Å². The third-order valence-corrected chi connectivity index (χ3v) is 8.88. The number of hydrogen-bond donors (Lipinski definition) is 8. The second-order valence-corrected chi connectivity index (χ2v) is 13.5. The fraction of sp³-hybridized carbons (Fsp3) is 0.316.